The molecule has 2 spiro atoms. The number of Topliss-reactive ketones (excluding diaryl/α,β-unsaturated/α-hetero) is 1. The second kappa shape index (κ2) is 13.5. The first kappa shape index (κ1) is 39.3. The minimum atomic E-state index is -1.24. The molecule has 13 rings (SSSR count). The van der Waals surface area contributed by atoms with Crippen LogP contribution in [0.5, 0.6) is 5.75 Å². The zero-order valence-corrected chi connectivity index (χ0v) is 35.9. The third-order valence-electron chi connectivity index (χ3n) is 18.7. The van der Waals surface area contributed by atoms with Crippen LogP contribution in [0.3, 0.4) is 0 Å². The van der Waals surface area contributed by atoms with E-state index in [0.29, 0.717) is 61.3 Å². The van der Waals surface area contributed by atoms with Crippen LogP contribution in [0.4, 0.5) is 9.18 Å². The third kappa shape index (κ3) is 5.62. The maximum Gasteiger partial charge on any atom is 0.415 e. The molecule has 2 N–H and O–H groups in total. The van der Waals surface area contributed by atoms with Gasteiger partial charge in [-0.1, -0.05) is 80.1 Å². The van der Waals surface area contributed by atoms with Gasteiger partial charge in [-0.25, -0.2) is 9.18 Å². The SMILES string of the molecule is C[C@]12CC[C@H]3[C@]4(C=C[C@@]5(C=C4C(=O)Cc4c(F)cccc4Cl)CC(O)CC[C@]35C)[C@@H]1CC[C@@]2(O)CN(CC12CC3CC(CC(C3)C1)C2)C(=O)Oc1ccc2ccccc2c1. The second-order valence-electron chi connectivity index (χ2n) is 21.8. The lowest BCUT2D eigenvalue weighted by Crippen LogP contribution is -2.67. The van der Waals surface area contributed by atoms with Crippen LogP contribution in [0.15, 0.2) is 84.5 Å². The number of aliphatic hydroxyl groups is 2. The lowest BCUT2D eigenvalue weighted by Gasteiger charge is -2.71. The van der Waals surface area contributed by atoms with E-state index in [4.69, 9.17) is 16.3 Å². The summed E-state index contributed by atoms with van der Waals surface area (Å²) in [6.45, 7) is 5.34. The van der Waals surface area contributed by atoms with E-state index in [1.807, 2.05) is 41.3 Å². The van der Waals surface area contributed by atoms with E-state index in [0.717, 1.165) is 49.3 Å². The van der Waals surface area contributed by atoms with Crippen molar-refractivity contribution in [1.29, 1.82) is 0 Å². The van der Waals surface area contributed by atoms with Gasteiger partial charge >= 0.3 is 6.09 Å². The van der Waals surface area contributed by atoms with E-state index < -0.39 is 39.9 Å². The van der Waals surface area contributed by atoms with E-state index in [2.05, 4.69) is 38.1 Å². The van der Waals surface area contributed by atoms with Crippen LogP contribution in [0.1, 0.15) is 103 Å². The number of hydrogen-bond donors (Lipinski definition) is 2. The van der Waals surface area contributed by atoms with Crippen molar-refractivity contribution in [3.63, 3.8) is 0 Å². The van der Waals surface area contributed by atoms with E-state index in [1.165, 1.54) is 25.3 Å². The Bertz CT molecular complexity index is 2300. The zero-order valence-electron chi connectivity index (χ0n) is 35.1. The van der Waals surface area contributed by atoms with E-state index >= 15 is 4.39 Å². The molecule has 10 aliphatic carbocycles. The standard InChI is InChI=1S/C52H59ClFNO5/c1-47-15-12-37(56)28-50(47)18-19-52(40(29-50)43(57)24-39-41(53)8-5-9-42(39)54)44(47)13-16-48(2)45(52)14-17-51(48,59)31-55(30-49-25-32-20-33(26-49)22-34(21-32)27-49)46(58)60-38-11-10-35-6-3-4-7-36(35)23-38/h3-11,18-19,23,29,32-34,37,44-45,56,59H,12-17,20-22,24-28,30-31H2,1-2H3/t32?,33?,34?,37?,44-,45-,47-,48+,49?,50+,51-,52-/m1/s1. The lowest BCUT2D eigenvalue weighted by molar-refractivity contribution is -0.179. The van der Waals surface area contributed by atoms with Crippen molar-refractivity contribution >= 4 is 34.2 Å². The van der Waals surface area contributed by atoms with Gasteiger partial charge in [0.25, 0.3) is 0 Å². The van der Waals surface area contributed by atoms with Crippen molar-refractivity contribution in [3.8, 4) is 5.75 Å². The summed E-state index contributed by atoms with van der Waals surface area (Å²) in [6.07, 6.45) is 17.9. The van der Waals surface area contributed by atoms with Crippen LogP contribution in [0.25, 0.3) is 10.8 Å². The smallest absolute Gasteiger partial charge is 0.410 e. The highest BCUT2D eigenvalue weighted by Crippen LogP contribution is 2.78. The first-order valence-electron chi connectivity index (χ1n) is 22.9. The summed E-state index contributed by atoms with van der Waals surface area (Å²) in [5.41, 5.74) is -2.34. The van der Waals surface area contributed by atoms with Crippen molar-refractivity contribution in [2.24, 2.45) is 56.7 Å². The Hall–Kier alpha value is -3.52. The maximum atomic E-state index is 15.3. The number of allylic oxidation sites excluding steroid dienone is 4. The summed E-state index contributed by atoms with van der Waals surface area (Å²) in [7, 11) is 0. The Labute approximate surface area is 358 Å². The monoisotopic (exact) mass is 831 g/mol. The molecule has 1 unspecified atom stereocenters. The van der Waals surface area contributed by atoms with Gasteiger partial charge in [0.15, 0.2) is 5.78 Å². The van der Waals surface area contributed by atoms with Gasteiger partial charge in [-0.05, 0) is 159 Å². The topological polar surface area (TPSA) is 87.1 Å². The Morgan fingerprint density at radius 1 is 0.817 bits per heavy atom. The van der Waals surface area contributed by atoms with Gasteiger partial charge in [0.2, 0.25) is 0 Å². The largest absolute Gasteiger partial charge is 0.415 e. The minimum Gasteiger partial charge on any atom is -0.410 e. The molecular formula is C52H59ClFNO5. The molecule has 0 aromatic heterocycles. The molecule has 6 bridgehead atoms. The number of benzene rings is 3. The average molecular weight is 832 g/mol. The third-order valence-corrected chi connectivity index (χ3v) is 19.1. The highest BCUT2D eigenvalue weighted by molar-refractivity contribution is 6.31. The number of ketones is 1. The first-order chi connectivity index (χ1) is 28.7. The summed E-state index contributed by atoms with van der Waals surface area (Å²) >= 11 is 6.56. The number of aliphatic hydroxyl groups excluding tert-OH is 1. The maximum absolute atomic E-state index is 15.3. The van der Waals surface area contributed by atoms with Crippen LogP contribution in [-0.4, -0.2) is 51.8 Å². The highest BCUT2D eigenvalue weighted by Gasteiger charge is 2.74. The number of carbonyl (C=O) groups is 2. The quantitative estimate of drug-likeness (QED) is 0.221. The van der Waals surface area contributed by atoms with Crippen molar-refractivity contribution in [3.05, 3.63) is 101 Å². The minimum absolute atomic E-state index is 0.0258. The Morgan fingerprint density at radius 2 is 1.50 bits per heavy atom. The molecule has 316 valence electrons. The summed E-state index contributed by atoms with van der Waals surface area (Å²) < 4.78 is 21.6. The molecule has 0 heterocycles. The van der Waals surface area contributed by atoms with Gasteiger partial charge in [-0.3, -0.25) is 4.79 Å². The van der Waals surface area contributed by atoms with Gasteiger partial charge in [-0.2, -0.15) is 0 Å². The molecule has 7 fully saturated rings. The van der Waals surface area contributed by atoms with Crippen LogP contribution >= 0.6 is 11.6 Å². The van der Waals surface area contributed by atoms with Crippen molar-refractivity contribution in [2.75, 3.05) is 13.1 Å². The molecule has 1 amide bonds. The molecule has 3 aromatic carbocycles. The van der Waals surface area contributed by atoms with Crippen molar-refractivity contribution in [1.82, 2.24) is 4.90 Å². The van der Waals surface area contributed by atoms with E-state index in [9.17, 15) is 19.8 Å². The predicted molar refractivity (Wildman–Crippen MR) is 231 cm³/mol. The van der Waals surface area contributed by atoms with Gasteiger partial charge in [-0.15, -0.1) is 0 Å². The average Bonchev–Trinajstić information content (AvgIpc) is 3.48. The first-order valence-corrected chi connectivity index (χ1v) is 23.3. The van der Waals surface area contributed by atoms with E-state index in [-0.39, 0.29) is 52.0 Å². The number of nitrogens with zero attached hydrogens (tertiary/aromatic N) is 1. The molecule has 3 aromatic rings. The fraction of sp³-hybridized carbons (Fsp3) is 0.577. The number of amides is 1. The predicted octanol–water partition coefficient (Wildman–Crippen LogP) is 11.1. The van der Waals surface area contributed by atoms with Crippen LogP contribution < -0.4 is 4.74 Å². The number of halogens is 2. The molecular weight excluding hydrogens is 773 g/mol. The number of fused-ring (bicyclic) bond motifs is 2. The fourth-order valence-corrected chi connectivity index (χ4v) is 16.6. The zero-order chi connectivity index (χ0) is 41.5. The molecule has 8 atom stereocenters. The van der Waals surface area contributed by atoms with Crippen LogP contribution in [0.2, 0.25) is 5.02 Å². The lowest BCUT2D eigenvalue weighted by atomic mass is 9.32. The van der Waals surface area contributed by atoms with Gasteiger partial charge in [0.05, 0.1) is 18.2 Å². The summed E-state index contributed by atoms with van der Waals surface area (Å²) in [6, 6.07) is 18.4. The molecule has 0 saturated heterocycles. The molecule has 10 aliphatic rings. The Balaban J connectivity index is 0.963. The summed E-state index contributed by atoms with van der Waals surface area (Å²) in [5.74, 6) is 2.00. The van der Waals surface area contributed by atoms with Gasteiger partial charge in [0, 0.05) is 45.4 Å². The molecule has 8 heteroatoms. The molecule has 60 heavy (non-hydrogen) atoms. The number of rotatable bonds is 8. The summed E-state index contributed by atoms with van der Waals surface area (Å²) in [4.78, 5) is 31.7. The van der Waals surface area contributed by atoms with Gasteiger partial charge in [0.1, 0.15) is 11.6 Å². The normalized spacial score (nSPS) is 41.7. The highest BCUT2D eigenvalue weighted by atomic mass is 35.5. The number of carbonyl (C=O) groups excluding carboxylic acids is 2. The molecule has 6 nitrogen and oxygen atoms in total. The number of ether oxygens (including phenoxy) is 1. The number of hydrogen-bond acceptors (Lipinski definition) is 5. The van der Waals surface area contributed by atoms with Crippen molar-refractivity contribution < 1.29 is 28.9 Å². The molecule has 0 radical (unpaired) electrons. The second-order valence-corrected chi connectivity index (χ2v) is 22.2. The molecule has 0 aliphatic heterocycles. The fourth-order valence-electron chi connectivity index (χ4n) is 16.4. The van der Waals surface area contributed by atoms with E-state index in [1.54, 1.807) is 12.1 Å². The van der Waals surface area contributed by atoms with Crippen LogP contribution in [-0.2, 0) is 11.2 Å². The Kier molecular flexibility index (Phi) is 8.84. The van der Waals surface area contributed by atoms with Crippen molar-refractivity contribution in [2.45, 2.75) is 115 Å². The van der Waals surface area contributed by atoms with Gasteiger partial charge < -0.3 is 19.8 Å². The molecule has 7 saturated carbocycles. The Morgan fingerprint density at radius 3 is 2.23 bits per heavy atom. The van der Waals surface area contributed by atoms with Crippen LogP contribution in [0, 0.1) is 62.5 Å². The summed E-state index contributed by atoms with van der Waals surface area (Å²) in [5, 5.41) is 26.9.